The molecule has 1 amide bonds. The summed E-state index contributed by atoms with van der Waals surface area (Å²) in [5.41, 5.74) is 0. The van der Waals surface area contributed by atoms with Crippen molar-refractivity contribution in [2.45, 2.75) is 33.0 Å². The highest BCUT2D eigenvalue weighted by molar-refractivity contribution is 6.32. The fourth-order valence-electron chi connectivity index (χ4n) is 1.77. The molecule has 0 aliphatic heterocycles. The molecule has 1 atom stereocenters. The zero-order chi connectivity index (χ0) is 15.2. The van der Waals surface area contributed by atoms with Crippen LogP contribution in [0.25, 0.3) is 0 Å². The molecule has 2 rings (SSSR count). The Kier molecular flexibility index (Phi) is 5.16. The number of rotatable bonds is 6. The number of aryl methyl sites for hydroxylation is 1. The summed E-state index contributed by atoms with van der Waals surface area (Å²) in [5, 5.41) is 11.0. The fraction of sp³-hybridized carbons (Fsp3) is 0.357. The van der Waals surface area contributed by atoms with Gasteiger partial charge in [-0.15, -0.1) is 10.2 Å². The van der Waals surface area contributed by atoms with E-state index in [0.717, 1.165) is 6.54 Å². The van der Waals surface area contributed by atoms with Gasteiger partial charge >= 0.3 is 0 Å². The van der Waals surface area contributed by atoms with Crippen LogP contribution in [0.4, 0.5) is 0 Å². The predicted molar refractivity (Wildman–Crippen MR) is 79.1 cm³/mol. The van der Waals surface area contributed by atoms with E-state index in [-0.39, 0.29) is 5.91 Å². The molecule has 1 heterocycles. The van der Waals surface area contributed by atoms with Gasteiger partial charge in [-0.1, -0.05) is 23.7 Å². The van der Waals surface area contributed by atoms with Crippen LogP contribution in [0, 0.1) is 0 Å². The van der Waals surface area contributed by atoms with Crippen LogP contribution in [-0.2, 0) is 17.9 Å². The standard InChI is InChI=1S/C14H17ClN4O2/c1-3-19-9-17-18-13(19)8-16-14(20)10(2)21-12-7-5-4-6-11(12)15/h4-7,9-10H,3,8H2,1-2H3,(H,16,20)/t10-/m1/s1. The third-order valence-electron chi connectivity index (χ3n) is 2.97. The average molecular weight is 309 g/mol. The second-order valence-corrected chi connectivity index (χ2v) is 4.85. The van der Waals surface area contributed by atoms with Gasteiger partial charge in [-0.05, 0) is 26.0 Å². The Morgan fingerprint density at radius 1 is 1.48 bits per heavy atom. The van der Waals surface area contributed by atoms with Crippen LogP contribution >= 0.6 is 11.6 Å². The summed E-state index contributed by atoms with van der Waals surface area (Å²) in [4.78, 5) is 12.0. The van der Waals surface area contributed by atoms with E-state index in [4.69, 9.17) is 16.3 Å². The second-order valence-electron chi connectivity index (χ2n) is 4.44. The highest BCUT2D eigenvalue weighted by Crippen LogP contribution is 2.24. The van der Waals surface area contributed by atoms with Crippen LogP contribution in [0.2, 0.25) is 5.02 Å². The SMILES string of the molecule is CCn1cnnc1CNC(=O)[C@@H](C)Oc1ccccc1Cl. The molecular formula is C14H17ClN4O2. The minimum Gasteiger partial charge on any atom is -0.479 e. The van der Waals surface area contributed by atoms with E-state index < -0.39 is 6.10 Å². The number of hydrogen-bond acceptors (Lipinski definition) is 4. The number of aromatic nitrogens is 3. The summed E-state index contributed by atoms with van der Waals surface area (Å²) in [6.07, 6.45) is 0.980. The van der Waals surface area contributed by atoms with Gasteiger partial charge < -0.3 is 14.6 Å². The van der Waals surface area contributed by atoms with Crippen molar-refractivity contribution in [3.8, 4) is 5.75 Å². The molecule has 2 aromatic rings. The maximum atomic E-state index is 12.0. The smallest absolute Gasteiger partial charge is 0.261 e. The molecule has 0 aliphatic carbocycles. The number of nitrogens with zero attached hydrogens (tertiary/aromatic N) is 3. The van der Waals surface area contributed by atoms with Gasteiger partial charge in [0.1, 0.15) is 12.1 Å². The summed E-state index contributed by atoms with van der Waals surface area (Å²) in [7, 11) is 0. The Morgan fingerprint density at radius 3 is 2.95 bits per heavy atom. The normalized spacial score (nSPS) is 12.0. The van der Waals surface area contributed by atoms with Gasteiger partial charge in [0, 0.05) is 6.54 Å². The third-order valence-corrected chi connectivity index (χ3v) is 3.28. The van der Waals surface area contributed by atoms with E-state index in [1.54, 1.807) is 37.5 Å². The maximum absolute atomic E-state index is 12.0. The van der Waals surface area contributed by atoms with Crippen molar-refractivity contribution in [1.29, 1.82) is 0 Å². The zero-order valence-corrected chi connectivity index (χ0v) is 12.7. The number of ether oxygens (including phenoxy) is 1. The molecule has 1 aromatic carbocycles. The Bertz CT molecular complexity index is 615. The summed E-state index contributed by atoms with van der Waals surface area (Å²) in [6, 6.07) is 7.04. The van der Waals surface area contributed by atoms with Gasteiger partial charge in [-0.3, -0.25) is 4.79 Å². The lowest BCUT2D eigenvalue weighted by molar-refractivity contribution is -0.127. The zero-order valence-electron chi connectivity index (χ0n) is 11.9. The third kappa shape index (κ3) is 3.95. The molecule has 1 aromatic heterocycles. The monoisotopic (exact) mass is 308 g/mol. The summed E-state index contributed by atoms with van der Waals surface area (Å²) in [6.45, 7) is 4.72. The van der Waals surface area contributed by atoms with E-state index in [9.17, 15) is 4.79 Å². The minimum absolute atomic E-state index is 0.236. The molecule has 0 spiro atoms. The first-order chi connectivity index (χ1) is 10.1. The van der Waals surface area contributed by atoms with Gasteiger partial charge in [0.05, 0.1) is 11.6 Å². The van der Waals surface area contributed by atoms with Crippen molar-refractivity contribution < 1.29 is 9.53 Å². The van der Waals surface area contributed by atoms with Crippen LogP contribution in [0.3, 0.4) is 0 Å². The average Bonchev–Trinajstić information content (AvgIpc) is 2.94. The van der Waals surface area contributed by atoms with Crippen molar-refractivity contribution in [2.75, 3.05) is 0 Å². The van der Waals surface area contributed by atoms with Crippen molar-refractivity contribution in [1.82, 2.24) is 20.1 Å². The van der Waals surface area contributed by atoms with Gasteiger partial charge in [-0.25, -0.2) is 0 Å². The van der Waals surface area contributed by atoms with Crippen molar-refractivity contribution in [3.63, 3.8) is 0 Å². The minimum atomic E-state index is -0.650. The van der Waals surface area contributed by atoms with E-state index in [1.807, 2.05) is 11.5 Å². The first kappa shape index (κ1) is 15.3. The Labute approximate surface area is 128 Å². The first-order valence-electron chi connectivity index (χ1n) is 6.67. The number of carbonyl (C=O) groups excluding carboxylic acids is 1. The number of para-hydroxylation sites is 1. The number of benzene rings is 1. The predicted octanol–water partition coefficient (Wildman–Crippen LogP) is 2.04. The van der Waals surface area contributed by atoms with Crippen LogP contribution in [0.5, 0.6) is 5.75 Å². The van der Waals surface area contributed by atoms with Gasteiger partial charge in [0.2, 0.25) is 0 Å². The molecule has 1 N–H and O–H groups in total. The van der Waals surface area contributed by atoms with Crippen molar-refractivity contribution in [3.05, 3.63) is 41.4 Å². The van der Waals surface area contributed by atoms with Crippen molar-refractivity contribution >= 4 is 17.5 Å². The lowest BCUT2D eigenvalue weighted by Gasteiger charge is -2.15. The Morgan fingerprint density at radius 2 is 2.24 bits per heavy atom. The largest absolute Gasteiger partial charge is 0.479 e. The molecule has 0 saturated carbocycles. The molecule has 0 saturated heterocycles. The highest BCUT2D eigenvalue weighted by Gasteiger charge is 2.16. The molecule has 0 bridgehead atoms. The van der Waals surface area contributed by atoms with E-state index in [0.29, 0.717) is 23.1 Å². The number of amides is 1. The van der Waals surface area contributed by atoms with E-state index in [2.05, 4.69) is 15.5 Å². The Hall–Kier alpha value is -2.08. The molecule has 0 radical (unpaired) electrons. The molecule has 0 fully saturated rings. The molecule has 0 unspecified atom stereocenters. The second kappa shape index (κ2) is 7.08. The first-order valence-corrected chi connectivity index (χ1v) is 7.05. The lowest BCUT2D eigenvalue weighted by Crippen LogP contribution is -2.36. The summed E-state index contributed by atoms with van der Waals surface area (Å²) in [5.74, 6) is 0.954. The molecule has 6 nitrogen and oxygen atoms in total. The molecule has 21 heavy (non-hydrogen) atoms. The van der Waals surface area contributed by atoms with Gasteiger partial charge in [0.15, 0.2) is 11.9 Å². The van der Waals surface area contributed by atoms with E-state index >= 15 is 0 Å². The maximum Gasteiger partial charge on any atom is 0.261 e. The molecule has 112 valence electrons. The summed E-state index contributed by atoms with van der Waals surface area (Å²) >= 11 is 5.99. The van der Waals surface area contributed by atoms with Crippen LogP contribution < -0.4 is 10.1 Å². The number of carbonyl (C=O) groups is 1. The topological polar surface area (TPSA) is 69.0 Å². The van der Waals surface area contributed by atoms with Crippen molar-refractivity contribution in [2.24, 2.45) is 0 Å². The number of hydrogen-bond donors (Lipinski definition) is 1. The summed E-state index contributed by atoms with van der Waals surface area (Å²) < 4.78 is 7.41. The van der Waals surface area contributed by atoms with Crippen LogP contribution in [0.15, 0.2) is 30.6 Å². The van der Waals surface area contributed by atoms with Gasteiger partial charge in [-0.2, -0.15) is 0 Å². The number of halogens is 1. The quantitative estimate of drug-likeness (QED) is 0.886. The molecule has 7 heteroatoms. The molecule has 0 aliphatic rings. The highest BCUT2D eigenvalue weighted by atomic mass is 35.5. The Balaban J connectivity index is 1.90. The fourth-order valence-corrected chi connectivity index (χ4v) is 1.95. The van der Waals surface area contributed by atoms with Crippen LogP contribution in [0.1, 0.15) is 19.7 Å². The van der Waals surface area contributed by atoms with E-state index in [1.165, 1.54) is 0 Å². The molecular weight excluding hydrogens is 292 g/mol. The van der Waals surface area contributed by atoms with Gasteiger partial charge in [0.25, 0.3) is 5.91 Å². The lowest BCUT2D eigenvalue weighted by atomic mass is 10.3. The van der Waals surface area contributed by atoms with Crippen LogP contribution in [-0.4, -0.2) is 26.8 Å². The number of nitrogens with one attached hydrogen (secondary N) is 1.